The van der Waals surface area contributed by atoms with Crippen LogP contribution >= 0.6 is 22.7 Å². The van der Waals surface area contributed by atoms with Gasteiger partial charge in [0.25, 0.3) is 0 Å². The Kier molecular flexibility index (Phi) is 5.00. The molecule has 0 N–H and O–H groups in total. The average Bonchev–Trinajstić information content (AvgIpc) is 3.35. The van der Waals surface area contributed by atoms with Crippen LogP contribution in [0.25, 0.3) is 10.8 Å². The van der Waals surface area contributed by atoms with Crippen LogP contribution < -0.4 is 0 Å². The zero-order valence-electron chi connectivity index (χ0n) is 14.4. The Balaban J connectivity index is 1.58. The maximum absolute atomic E-state index is 12.0. The molecule has 138 valence electrons. The van der Waals surface area contributed by atoms with E-state index in [-0.39, 0.29) is 17.5 Å². The molecule has 0 aliphatic carbocycles. The molecule has 0 saturated carbocycles. The predicted octanol–water partition coefficient (Wildman–Crippen LogP) is 3.96. The Morgan fingerprint density at radius 3 is 2.69 bits per heavy atom. The molecule has 1 saturated heterocycles. The number of aryl methyl sites for hydroxylation is 1. The van der Waals surface area contributed by atoms with Gasteiger partial charge in [0.15, 0.2) is 9.84 Å². The standard InChI is InChI=1S/C18H20N2O3S3/c1-13-16(19-18(23-13)17-5-3-8-25-17)11-20(10-15-4-2-7-24-15)14-6-9-26(21,22)12-14/h2-5,7-8,14H,6,9-12H2,1H3. The fourth-order valence-electron chi connectivity index (χ4n) is 3.25. The summed E-state index contributed by atoms with van der Waals surface area (Å²) in [6.07, 6.45) is 0.683. The van der Waals surface area contributed by atoms with E-state index in [9.17, 15) is 8.42 Å². The summed E-state index contributed by atoms with van der Waals surface area (Å²) >= 11 is 3.29. The minimum atomic E-state index is -2.93. The molecule has 1 fully saturated rings. The molecule has 1 aliphatic rings. The van der Waals surface area contributed by atoms with Gasteiger partial charge in [-0.1, -0.05) is 12.1 Å². The summed E-state index contributed by atoms with van der Waals surface area (Å²) in [5, 5.41) is 4.05. The molecular weight excluding hydrogens is 388 g/mol. The van der Waals surface area contributed by atoms with Crippen LogP contribution in [0.2, 0.25) is 0 Å². The van der Waals surface area contributed by atoms with Crippen LogP contribution in [0, 0.1) is 6.92 Å². The minimum Gasteiger partial charge on any atom is -0.440 e. The van der Waals surface area contributed by atoms with Gasteiger partial charge in [-0.15, -0.1) is 22.7 Å². The van der Waals surface area contributed by atoms with E-state index in [4.69, 9.17) is 4.42 Å². The molecule has 5 nitrogen and oxygen atoms in total. The second kappa shape index (κ2) is 7.26. The van der Waals surface area contributed by atoms with Crippen molar-refractivity contribution in [1.82, 2.24) is 9.88 Å². The van der Waals surface area contributed by atoms with Crippen LogP contribution in [0.5, 0.6) is 0 Å². The van der Waals surface area contributed by atoms with Crippen LogP contribution in [-0.2, 0) is 22.9 Å². The third-order valence-corrected chi connectivity index (χ3v) is 8.11. The highest BCUT2D eigenvalue weighted by Gasteiger charge is 2.33. The highest BCUT2D eigenvalue weighted by molar-refractivity contribution is 7.91. The van der Waals surface area contributed by atoms with Gasteiger partial charge in [0.05, 0.1) is 22.1 Å². The molecule has 1 unspecified atom stereocenters. The first-order valence-electron chi connectivity index (χ1n) is 8.47. The predicted molar refractivity (Wildman–Crippen MR) is 105 cm³/mol. The van der Waals surface area contributed by atoms with Crippen molar-refractivity contribution in [2.24, 2.45) is 0 Å². The van der Waals surface area contributed by atoms with Crippen molar-refractivity contribution in [3.8, 4) is 10.8 Å². The Labute approximate surface area is 161 Å². The van der Waals surface area contributed by atoms with Crippen LogP contribution in [0.4, 0.5) is 0 Å². The normalized spacial score (nSPS) is 19.4. The van der Waals surface area contributed by atoms with Gasteiger partial charge in [-0.3, -0.25) is 4.90 Å². The van der Waals surface area contributed by atoms with Crippen molar-refractivity contribution in [3.63, 3.8) is 0 Å². The van der Waals surface area contributed by atoms with Gasteiger partial charge in [-0.2, -0.15) is 0 Å². The quantitative estimate of drug-likeness (QED) is 0.618. The van der Waals surface area contributed by atoms with E-state index < -0.39 is 9.84 Å². The molecule has 0 aromatic carbocycles. The lowest BCUT2D eigenvalue weighted by molar-refractivity contribution is 0.193. The monoisotopic (exact) mass is 408 g/mol. The molecule has 0 spiro atoms. The number of nitrogens with zero attached hydrogens (tertiary/aromatic N) is 2. The number of oxazole rings is 1. The fraction of sp³-hybridized carbons (Fsp3) is 0.389. The second-order valence-corrected chi connectivity index (χ2v) is 10.7. The fourth-order valence-corrected chi connectivity index (χ4v) is 6.39. The van der Waals surface area contributed by atoms with Crippen LogP contribution in [0.3, 0.4) is 0 Å². The third-order valence-electron chi connectivity index (χ3n) is 4.64. The summed E-state index contributed by atoms with van der Waals surface area (Å²) in [4.78, 5) is 9.16. The summed E-state index contributed by atoms with van der Waals surface area (Å²) in [5.74, 6) is 1.94. The Morgan fingerprint density at radius 2 is 2.04 bits per heavy atom. The van der Waals surface area contributed by atoms with Crippen molar-refractivity contribution in [1.29, 1.82) is 0 Å². The van der Waals surface area contributed by atoms with E-state index >= 15 is 0 Å². The van der Waals surface area contributed by atoms with E-state index in [2.05, 4.69) is 21.3 Å². The molecule has 1 atom stereocenters. The summed E-state index contributed by atoms with van der Waals surface area (Å²) in [6, 6.07) is 8.12. The third kappa shape index (κ3) is 3.93. The first kappa shape index (κ1) is 17.9. The van der Waals surface area contributed by atoms with E-state index in [0.29, 0.717) is 18.9 Å². The molecule has 4 rings (SSSR count). The maximum Gasteiger partial charge on any atom is 0.236 e. The van der Waals surface area contributed by atoms with Crippen molar-refractivity contribution in [2.45, 2.75) is 32.5 Å². The van der Waals surface area contributed by atoms with Crippen molar-refractivity contribution < 1.29 is 12.8 Å². The first-order chi connectivity index (χ1) is 12.5. The molecular formula is C18H20N2O3S3. The Morgan fingerprint density at radius 1 is 1.23 bits per heavy atom. The van der Waals surface area contributed by atoms with E-state index in [0.717, 1.165) is 22.9 Å². The lowest BCUT2D eigenvalue weighted by Gasteiger charge is -2.26. The lowest BCUT2D eigenvalue weighted by atomic mass is 10.2. The van der Waals surface area contributed by atoms with Gasteiger partial charge in [0.2, 0.25) is 5.89 Å². The van der Waals surface area contributed by atoms with Crippen LogP contribution in [0.1, 0.15) is 22.8 Å². The van der Waals surface area contributed by atoms with Gasteiger partial charge in [0, 0.05) is 24.0 Å². The second-order valence-electron chi connectivity index (χ2n) is 6.54. The number of aromatic nitrogens is 1. The van der Waals surface area contributed by atoms with Crippen molar-refractivity contribution in [2.75, 3.05) is 11.5 Å². The summed E-state index contributed by atoms with van der Waals surface area (Å²) in [5.41, 5.74) is 0.884. The van der Waals surface area contributed by atoms with Crippen molar-refractivity contribution in [3.05, 3.63) is 51.4 Å². The Hall–Kier alpha value is -1.48. The number of rotatable bonds is 6. The Bertz CT molecular complexity index is 960. The van der Waals surface area contributed by atoms with E-state index in [1.165, 1.54) is 4.88 Å². The summed E-state index contributed by atoms with van der Waals surface area (Å²) in [6.45, 7) is 3.26. The molecule has 0 amide bonds. The molecule has 1 aliphatic heterocycles. The first-order valence-corrected chi connectivity index (χ1v) is 12.1. The van der Waals surface area contributed by atoms with E-state index in [1.807, 2.05) is 30.5 Å². The van der Waals surface area contributed by atoms with Gasteiger partial charge in [-0.25, -0.2) is 13.4 Å². The van der Waals surface area contributed by atoms with Gasteiger partial charge in [-0.05, 0) is 36.2 Å². The summed E-state index contributed by atoms with van der Waals surface area (Å²) in [7, 11) is -2.93. The van der Waals surface area contributed by atoms with Gasteiger partial charge in [0.1, 0.15) is 5.76 Å². The highest BCUT2D eigenvalue weighted by atomic mass is 32.2. The number of sulfone groups is 1. The molecule has 4 heterocycles. The zero-order chi connectivity index (χ0) is 18.1. The molecule has 26 heavy (non-hydrogen) atoms. The smallest absolute Gasteiger partial charge is 0.236 e. The molecule has 0 bridgehead atoms. The topological polar surface area (TPSA) is 63.4 Å². The summed E-state index contributed by atoms with van der Waals surface area (Å²) < 4.78 is 29.8. The van der Waals surface area contributed by atoms with Crippen molar-refractivity contribution >= 4 is 32.5 Å². The molecule has 3 aromatic rings. The lowest BCUT2D eigenvalue weighted by Crippen LogP contribution is -2.35. The highest BCUT2D eigenvalue weighted by Crippen LogP contribution is 2.28. The van der Waals surface area contributed by atoms with Gasteiger partial charge >= 0.3 is 0 Å². The number of thiophene rings is 2. The minimum absolute atomic E-state index is 0.0309. The molecule has 8 heteroatoms. The molecule has 0 radical (unpaired) electrons. The number of hydrogen-bond acceptors (Lipinski definition) is 7. The van der Waals surface area contributed by atoms with Gasteiger partial charge < -0.3 is 4.42 Å². The van der Waals surface area contributed by atoms with Crippen LogP contribution in [-0.4, -0.2) is 35.8 Å². The zero-order valence-corrected chi connectivity index (χ0v) is 16.9. The van der Waals surface area contributed by atoms with E-state index in [1.54, 1.807) is 22.7 Å². The SMILES string of the molecule is Cc1oc(-c2cccs2)nc1CN(Cc1cccs1)C1CCS(=O)(=O)C1. The largest absolute Gasteiger partial charge is 0.440 e. The maximum atomic E-state index is 12.0. The number of hydrogen-bond donors (Lipinski definition) is 0. The molecule has 3 aromatic heterocycles. The van der Waals surface area contributed by atoms with Crippen LogP contribution in [0.15, 0.2) is 39.4 Å². The average molecular weight is 409 g/mol.